The predicted molar refractivity (Wildman–Crippen MR) is 92.1 cm³/mol. The van der Waals surface area contributed by atoms with E-state index in [0.717, 1.165) is 29.4 Å². The first-order valence-electron chi connectivity index (χ1n) is 7.74. The molecule has 6 heteroatoms. The fourth-order valence-corrected chi connectivity index (χ4v) is 3.53. The van der Waals surface area contributed by atoms with Gasteiger partial charge in [0.1, 0.15) is 16.5 Å². The van der Waals surface area contributed by atoms with Gasteiger partial charge >= 0.3 is 0 Å². The largest absolute Gasteiger partial charge is 0.497 e. The Morgan fingerprint density at radius 2 is 2.09 bits per heavy atom. The summed E-state index contributed by atoms with van der Waals surface area (Å²) in [6.07, 6.45) is 0. The first-order valence-corrected chi connectivity index (χ1v) is 8.62. The molecule has 5 nitrogen and oxygen atoms in total. The highest BCUT2D eigenvalue weighted by Crippen LogP contribution is 2.26. The van der Waals surface area contributed by atoms with Crippen LogP contribution in [-0.2, 0) is 0 Å². The van der Waals surface area contributed by atoms with E-state index in [4.69, 9.17) is 4.74 Å². The second-order valence-electron chi connectivity index (χ2n) is 5.75. The van der Waals surface area contributed by atoms with Crippen LogP contribution in [0.25, 0.3) is 10.6 Å². The number of nitrogens with one attached hydrogen (secondary N) is 1. The molecule has 1 saturated heterocycles. The van der Waals surface area contributed by atoms with Gasteiger partial charge in [0.2, 0.25) is 0 Å². The molecule has 1 aliphatic rings. The Morgan fingerprint density at radius 3 is 2.78 bits per heavy atom. The highest BCUT2D eigenvalue weighted by Gasteiger charge is 2.29. The SMILES string of the molecule is COc1ccc(-c2nc(C(=O)N3CCNC(C)C3C)cs2)cc1. The molecule has 0 spiro atoms. The lowest BCUT2D eigenvalue weighted by molar-refractivity contribution is 0.0598. The van der Waals surface area contributed by atoms with E-state index in [1.165, 1.54) is 11.3 Å². The molecule has 23 heavy (non-hydrogen) atoms. The first-order chi connectivity index (χ1) is 11.1. The van der Waals surface area contributed by atoms with E-state index in [1.54, 1.807) is 7.11 Å². The minimum absolute atomic E-state index is 0.0156. The molecular formula is C17H21N3O2S. The molecule has 0 aliphatic carbocycles. The van der Waals surface area contributed by atoms with Gasteiger partial charge in [-0.05, 0) is 38.1 Å². The fourth-order valence-electron chi connectivity index (χ4n) is 2.73. The van der Waals surface area contributed by atoms with Crippen molar-refractivity contribution in [3.63, 3.8) is 0 Å². The molecule has 1 fully saturated rings. The van der Waals surface area contributed by atoms with Crippen molar-refractivity contribution in [3.05, 3.63) is 35.3 Å². The van der Waals surface area contributed by atoms with E-state index >= 15 is 0 Å². The molecule has 0 radical (unpaired) electrons. The number of benzene rings is 1. The third-order valence-corrected chi connectivity index (χ3v) is 5.25. The van der Waals surface area contributed by atoms with Crippen LogP contribution in [0.4, 0.5) is 0 Å². The maximum atomic E-state index is 12.7. The molecule has 1 amide bonds. The number of amides is 1. The lowest BCUT2D eigenvalue weighted by Gasteiger charge is -2.38. The summed E-state index contributed by atoms with van der Waals surface area (Å²) in [4.78, 5) is 19.2. The zero-order chi connectivity index (χ0) is 16.4. The van der Waals surface area contributed by atoms with Gasteiger partial charge in [-0.3, -0.25) is 4.79 Å². The number of nitrogens with zero attached hydrogens (tertiary/aromatic N) is 2. The molecule has 0 saturated carbocycles. The summed E-state index contributed by atoms with van der Waals surface area (Å²) < 4.78 is 5.17. The summed E-state index contributed by atoms with van der Waals surface area (Å²) in [5, 5.41) is 6.09. The number of carbonyl (C=O) groups is 1. The third-order valence-electron chi connectivity index (χ3n) is 4.36. The molecule has 0 bridgehead atoms. The zero-order valence-corrected chi connectivity index (χ0v) is 14.4. The summed E-state index contributed by atoms with van der Waals surface area (Å²) in [5.74, 6) is 0.826. The third kappa shape index (κ3) is 3.23. The lowest BCUT2D eigenvalue weighted by atomic mass is 10.1. The number of piperazine rings is 1. The van der Waals surface area contributed by atoms with Gasteiger partial charge in [-0.15, -0.1) is 11.3 Å². The van der Waals surface area contributed by atoms with Crippen molar-refractivity contribution in [2.24, 2.45) is 0 Å². The van der Waals surface area contributed by atoms with E-state index < -0.39 is 0 Å². The van der Waals surface area contributed by atoms with Crippen LogP contribution in [0.1, 0.15) is 24.3 Å². The van der Waals surface area contributed by atoms with Gasteiger partial charge in [-0.1, -0.05) is 0 Å². The number of hydrogen-bond acceptors (Lipinski definition) is 5. The fraction of sp³-hybridized carbons (Fsp3) is 0.412. The van der Waals surface area contributed by atoms with Crippen molar-refractivity contribution in [1.29, 1.82) is 0 Å². The lowest BCUT2D eigenvalue weighted by Crippen LogP contribution is -2.57. The minimum atomic E-state index is 0.0156. The molecule has 1 aliphatic heterocycles. The highest BCUT2D eigenvalue weighted by molar-refractivity contribution is 7.13. The molecule has 2 atom stereocenters. The molecule has 2 unspecified atom stereocenters. The number of thiazole rings is 1. The second kappa shape index (κ2) is 6.68. The van der Waals surface area contributed by atoms with Crippen molar-refractivity contribution < 1.29 is 9.53 Å². The van der Waals surface area contributed by atoms with Gasteiger partial charge < -0.3 is 15.0 Å². The molecule has 1 aromatic heterocycles. The number of hydrogen-bond donors (Lipinski definition) is 1. The quantitative estimate of drug-likeness (QED) is 0.939. The number of ether oxygens (including phenoxy) is 1. The summed E-state index contributed by atoms with van der Waals surface area (Å²) in [6.45, 7) is 5.73. The summed E-state index contributed by atoms with van der Waals surface area (Å²) in [5.41, 5.74) is 1.53. The van der Waals surface area contributed by atoms with Gasteiger partial charge in [-0.25, -0.2) is 4.98 Å². The van der Waals surface area contributed by atoms with Crippen LogP contribution in [0.5, 0.6) is 5.75 Å². The van der Waals surface area contributed by atoms with Crippen LogP contribution in [0.3, 0.4) is 0 Å². The van der Waals surface area contributed by atoms with Crippen molar-refractivity contribution >= 4 is 17.2 Å². The summed E-state index contributed by atoms with van der Waals surface area (Å²) in [6, 6.07) is 8.19. The molecule has 1 N–H and O–H groups in total. The second-order valence-corrected chi connectivity index (χ2v) is 6.61. The Balaban J connectivity index is 1.79. The van der Waals surface area contributed by atoms with Crippen LogP contribution in [0, 0.1) is 0 Å². The zero-order valence-electron chi connectivity index (χ0n) is 13.6. The highest BCUT2D eigenvalue weighted by atomic mass is 32.1. The Morgan fingerprint density at radius 1 is 1.35 bits per heavy atom. The molecule has 3 rings (SSSR count). The molecule has 122 valence electrons. The molecule has 1 aromatic carbocycles. The number of carbonyl (C=O) groups excluding carboxylic acids is 1. The van der Waals surface area contributed by atoms with Crippen LogP contribution < -0.4 is 10.1 Å². The van der Waals surface area contributed by atoms with Crippen LogP contribution >= 0.6 is 11.3 Å². The van der Waals surface area contributed by atoms with Crippen LogP contribution in [-0.4, -0.2) is 48.1 Å². The maximum absolute atomic E-state index is 12.7. The minimum Gasteiger partial charge on any atom is -0.497 e. The molecule has 2 heterocycles. The van der Waals surface area contributed by atoms with Crippen molar-refractivity contribution in [1.82, 2.24) is 15.2 Å². The Hall–Kier alpha value is -1.92. The number of aromatic nitrogens is 1. The Labute approximate surface area is 140 Å². The smallest absolute Gasteiger partial charge is 0.273 e. The van der Waals surface area contributed by atoms with Crippen molar-refractivity contribution in [3.8, 4) is 16.3 Å². The van der Waals surface area contributed by atoms with Crippen LogP contribution in [0.15, 0.2) is 29.6 Å². The standard InChI is InChI=1S/C17H21N3O2S/c1-11-12(2)20(9-8-18-11)17(21)15-10-23-16(19-15)13-4-6-14(22-3)7-5-13/h4-7,10-12,18H,8-9H2,1-3H3. The van der Waals surface area contributed by atoms with E-state index in [1.807, 2.05) is 34.5 Å². The first kappa shape index (κ1) is 16.0. The van der Waals surface area contributed by atoms with Gasteiger partial charge in [0.05, 0.1) is 7.11 Å². The van der Waals surface area contributed by atoms with Gasteiger partial charge in [0, 0.05) is 36.1 Å². The predicted octanol–water partition coefficient (Wildman–Crippen LogP) is 2.64. The average molecular weight is 331 g/mol. The molecular weight excluding hydrogens is 310 g/mol. The van der Waals surface area contributed by atoms with Crippen molar-refractivity contribution in [2.45, 2.75) is 25.9 Å². The van der Waals surface area contributed by atoms with Crippen molar-refractivity contribution in [2.75, 3.05) is 20.2 Å². The Kier molecular flexibility index (Phi) is 4.63. The Bertz CT molecular complexity index is 683. The van der Waals surface area contributed by atoms with Gasteiger partial charge in [-0.2, -0.15) is 0 Å². The average Bonchev–Trinajstić information content (AvgIpc) is 3.07. The summed E-state index contributed by atoms with van der Waals surface area (Å²) in [7, 11) is 1.64. The summed E-state index contributed by atoms with van der Waals surface area (Å²) >= 11 is 1.50. The van der Waals surface area contributed by atoms with E-state index in [9.17, 15) is 4.79 Å². The van der Waals surface area contributed by atoms with Gasteiger partial charge in [0.15, 0.2) is 0 Å². The van der Waals surface area contributed by atoms with E-state index in [0.29, 0.717) is 11.7 Å². The normalized spacial score (nSPS) is 21.3. The van der Waals surface area contributed by atoms with E-state index in [2.05, 4.69) is 24.1 Å². The number of methoxy groups -OCH3 is 1. The molecule has 2 aromatic rings. The topological polar surface area (TPSA) is 54.5 Å². The van der Waals surface area contributed by atoms with E-state index in [-0.39, 0.29) is 11.9 Å². The monoisotopic (exact) mass is 331 g/mol. The van der Waals surface area contributed by atoms with Crippen LogP contribution in [0.2, 0.25) is 0 Å². The number of rotatable bonds is 3. The maximum Gasteiger partial charge on any atom is 0.273 e. The van der Waals surface area contributed by atoms with Gasteiger partial charge in [0.25, 0.3) is 5.91 Å².